The van der Waals surface area contributed by atoms with Crippen LogP contribution >= 0.6 is 12.6 Å². The fourth-order valence-corrected chi connectivity index (χ4v) is 1.13. The molecule has 1 aromatic rings. The molecule has 0 aliphatic carbocycles. The van der Waals surface area contributed by atoms with Crippen LogP contribution in [-0.4, -0.2) is 17.1 Å². The topological polar surface area (TPSA) is 37.3 Å². The zero-order valence-corrected chi connectivity index (χ0v) is 7.87. The van der Waals surface area contributed by atoms with Gasteiger partial charge in [-0.15, -0.1) is 0 Å². The molecule has 1 N–H and O–H groups in total. The Balaban J connectivity index is 3.14. The maximum atomic E-state index is 10.6. The van der Waals surface area contributed by atoms with Gasteiger partial charge in [-0.25, -0.2) is 0 Å². The van der Waals surface area contributed by atoms with Gasteiger partial charge in [0.1, 0.15) is 5.75 Å². The van der Waals surface area contributed by atoms with Gasteiger partial charge in [-0.2, -0.15) is 12.6 Å². The van der Waals surface area contributed by atoms with Crippen LogP contribution in [0.1, 0.15) is 15.9 Å². The third-order valence-electron chi connectivity index (χ3n) is 1.63. The van der Waals surface area contributed by atoms with Crippen molar-refractivity contribution in [3.63, 3.8) is 0 Å². The van der Waals surface area contributed by atoms with Crippen molar-refractivity contribution in [2.45, 2.75) is 0 Å². The van der Waals surface area contributed by atoms with E-state index in [2.05, 4.69) is 12.6 Å². The normalized spacial score (nSPS) is 10.5. The Bertz CT molecular complexity index is 332. The first-order chi connectivity index (χ1) is 6.29. The highest BCUT2D eigenvalue weighted by molar-refractivity contribution is 7.80. The van der Waals surface area contributed by atoms with Crippen molar-refractivity contribution >= 4 is 25.0 Å². The van der Waals surface area contributed by atoms with Gasteiger partial charge in [0, 0.05) is 16.9 Å². The van der Waals surface area contributed by atoms with E-state index in [1.54, 1.807) is 30.4 Å². The van der Waals surface area contributed by atoms with Crippen LogP contribution in [0.5, 0.6) is 5.75 Å². The smallest absolute Gasteiger partial charge is 0.150 e. The molecule has 0 unspecified atom stereocenters. The molecule has 0 bridgehead atoms. The molecule has 0 aromatic heterocycles. The summed E-state index contributed by atoms with van der Waals surface area (Å²) in [7, 11) is 0. The second-order valence-electron chi connectivity index (χ2n) is 2.48. The summed E-state index contributed by atoms with van der Waals surface area (Å²) >= 11 is 3.99. The van der Waals surface area contributed by atoms with Gasteiger partial charge in [-0.1, -0.05) is 24.3 Å². The van der Waals surface area contributed by atoms with Crippen LogP contribution in [0, 0.1) is 0 Å². The van der Waals surface area contributed by atoms with Crippen molar-refractivity contribution in [1.82, 2.24) is 0 Å². The molecule has 0 heterocycles. The molecule has 1 aromatic carbocycles. The van der Waals surface area contributed by atoms with Crippen LogP contribution in [0.4, 0.5) is 0 Å². The van der Waals surface area contributed by atoms with E-state index in [1.165, 1.54) is 0 Å². The lowest BCUT2D eigenvalue weighted by atomic mass is 10.1. The van der Waals surface area contributed by atoms with Crippen molar-refractivity contribution in [2.24, 2.45) is 0 Å². The van der Waals surface area contributed by atoms with Gasteiger partial charge in [0.2, 0.25) is 0 Å². The second-order valence-corrected chi connectivity index (χ2v) is 2.85. The lowest BCUT2D eigenvalue weighted by molar-refractivity contribution is 0.112. The monoisotopic (exact) mass is 194 g/mol. The van der Waals surface area contributed by atoms with E-state index in [9.17, 15) is 9.90 Å². The molecular weight excluding hydrogens is 184 g/mol. The number of rotatable bonds is 3. The van der Waals surface area contributed by atoms with Crippen molar-refractivity contribution in [2.75, 3.05) is 5.75 Å². The van der Waals surface area contributed by atoms with Crippen molar-refractivity contribution in [3.8, 4) is 5.75 Å². The average molecular weight is 194 g/mol. The Morgan fingerprint density at radius 3 is 2.85 bits per heavy atom. The summed E-state index contributed by atoms with van der Waals surface area (Å²) in [5.74, 6) is 0.690. The highest BCUT2D eigenvalue weighted by Gasteiger charge is 2.02. The number of aromatic hydroxyl groups is 1. The molecule has 0 saturated carbocycles. The minimum Gasteiger partial charge on any atom is -0.507 e. The van der Waals surface area contributed by atoms with Gasteiger partial charge in [-0.3, -0.25) is 4.79 Å². The average Bonchev–Trinajstić information content (AvgIpc) is 2.15. The fraction of sp³-hybridized carbons (Fsp3) is 0.100. The lowest BCUT2D eigenvalue weighted by Gasteiger charge is -2.00. The Kier molecular flexibility index (Phi) is 3.58. The molecule has 0 amide bonds. The number of hydrogen-bond donors (Lipinski definition) is 2. The first-order valence-electron chi connectivity index (χ1n) is 3.84. The summed E-state index contributed by atoms with van der Waals surface area (Å²) in [5.41, 5.74) is 1.03. The number of phenols is 1. The summed E-state index contributed by atoms with van der Waals surface area (Å²) in [6.45, 7) is 0. The van der Waals surface area contributed by atoms with E-state index in [0.717, 1.165) is 6.29 Å². The minimum absolute atomic E-state index is 0.114. The zero-order valence-electron chi connectivity index (χ0n) is 6.97. The number of phenolic OH excluding ortho intramolecular Hbond substituents is 1. The minimum atomic E-state index is 0.114. The molecule has 0 radical (unpaired) electrons. The maximum absolute atomic E-state index is 10.6. The summed E-state index contributed by atoms with van der Waals surface area (Å²) < 4.78 is 0. The van der Waals surface area contributed by atoms with Crippen LogP contribution in [-0.2, 0) is 0 Å². The number of hydrogen-bond acceptors (Lipinski definition) is 3. The first kappa shape index (κ1) is 9.86. The predicted octanol–water partition coefficient (Wildman–Crippen LogP) is 2.15. The van der Waals surface area contributed by atoms with E-state index >= 15 is 0 Å². The molecule has 3 heteroatoms. The van der Waals surface area contributed by atoms with Crippen molar-refractivity contribution < 1.29 is 9.90 Å². The van der Waals surface area contributed by atoms with E-state index in [1.807, 2.05) is 0 Å². The molecule has 0 aliphatic rings. The molecule has 0 aliphatic heterocycles. The maximum Gasteiger partial charge on any atom is 0.150 e. The second kappa shape index (κ2) is 4.72. The number of thiol groups is 1. The Morgan fingerprint density at radius 1 is 1.46 bits per heavy atom. The van der Waals surface area contributed by atoms with Gasteiger partial charge in [0.05, 0.1) is 0 Å². The Morgan fingerprint density at radius 2 is 2.23 bits per heavy atom. The van der Waals surface area contributed by atoms with Gasteiger partial charge in [0.15, 0.2) is 6.29 Å². The van der Waals surface area contributed by atoms with Gasteiger partial charge in [-0.05, 0) is 6.07 Å². The number of carbonyl (C=O) groups excluding carboxylic acids is 1. The van der Waals surface area contributed by atoms with Crippen LogP contribution in [0.3, 0.4) is 0 Å². The standard InChI is InChI=1S/C10H10O2S/c11-7-8-3-1-5-10(12)9(8)4-2-6-13/h1-5,7,12-13H,6H2. The van der Waals surface area contributed by atoms with Gasteiger partial charge < -0.3 is 5.11 Å². The third-order valence-corrected chi connectivity index (χ3v) is 1.84. The van der Waals surface area contributed by atoms with Gasteiger partial charge >= 0.3 is 0 Å². The molecule has 1 rings (SSSR count). The third kappa shape index (κ3) is 2.36. The van der Waals surface area contributed by atoms with Crippen LogP contribution < -0.4 is 0 Å². The van der Waals surface area contributed by atoms with Crippen LogP contribution in [0.15, 0.2) is 24.3 Å². The molecular formula is C10H10O2S. The number of aldehydes is 1. The predicted molar refractivity (Wildman–Crippen MR) is 56.4 cm³/mol. The molecule has 68 valence electrons. The van der Waals surface area contributed by atoms with Crippen molar-refractivity contribution in [3.05, 3.63) is 35.4 Å². The molecule has 0 atom stereocenters. The van der Waals surface area contributed by atoms with E-state index in [-0.39, 0.29) is 5.75 Å². The van der Waals surface area contributed by atoms with E-state index in [0.29, 0.717) is 16.9 Å². The largest absolute Gasteiger partial charge is 0.507 e. The Hall–Kier alpha value is -1.22. The SMILES string of the molecule is O=Cc1cccc(O)c1C=CCS. The van der Waals surface area contributed by atoms with E-state index in [4.69, 9.17) is 0 Å². The van der Waals surface area contributed by atoms with Crippen LogP contribution in [0.25, 0.3) is 6.08 Å². The van der Waals surface area contributed by atoms with Crippen molar-refractivity contribution in [1.29, 1.82) is 0 Å². The lowest BCUT2D eigenvalue weighted by Crippen LogP contribution is -1.86. The fourth-order valence-electron chi connectivity index (χ4n) is 1.03. The summed E-state index contributed by atoms with van der Waals surface area (Å²) in [5, 5.41) is 9.41. The number of carbonyl (C=O) groups is 1. The van der Waals surface area contributed by atoms with Crippen LogP contribution in [0.2, 0.25) is 0 Å². The summed E-state index contributed by atoms with van der Waals surface area (Å²) in [6.07, 6.45) is 4.18. The first-order valence-corrected chi connectivity index (χ1v) is 4.47. The van der Waals surface area contributed by atoms with E-state index < -0.39 is 0 Å². The molecule has 0 saturated heterocycles. The molecule has 2 nitrogen and oxygen atoms in total. The molecule has 0 spiro atoms. The molecule has 13 heavy (non-hydrogen) atoms. The highest BCUT2D eigenvalue weighted by Crippen LogP contribution is 2.21. The Labute approximate surface area is 82.3 Å². The summed E-state index contributed by atoms with van der Waals surface area (Å²) in [6, 6.07) is 4.84. The molecule has 0 fully saturated rings. The summed E-state index contributed by atoms with van der Waals surface area (Å²) in [4.78, 5) is 10.6. The van der Waals surface area contributed by atoms with Gasteiger partial charge in [0.25, 0.3) is 0 Å². The number of benzene rings is 1. The highest BCUT2D eigenvalue weighted by atomic mass is 32.1. The zero-order chi connectivity index (χ0) is 9.68. The quantitative estimate of drug-likeness (QED) is 0.571.